The normalized spacial score (nSPS) is 27.6. The maximum atomic E-state index is 13.6. The molecule has 210 valence electrons. The Morgan fingerprint density at radius 1 is 1.13 bits per heavy atom. The van der Waals surface area contributed by atoms with Crippen molar-refractivity contribution >= 4 is 17.3 Å². The lowest BCUT2D eigenvalue weighted by molar-refractivity contribution is -0.446. The van der Waals surface area contributed by atoms with E-state index in [0.29, 0.717) is 12.8 Å². The van der Waals surface area contributed by atoms with Crippen molar-refractivity contribution in [2.24, 2.45) is 0 Å². The molecule has 2 aliphatic carbocycles. The predicted octanol–water partition coefficient (Wildman–Crippen LogP) is -2.68. The van der Waals surface area contributed by atoms with Crippen LogP contribution in [0.1, 0.15) is 75.3 Å². The number of ether oxygens (including phenoxy) is 3. The van der Waals surface area contributed by atoms with Gasteiger partial charge in [-0.3, -0.25) is 14.4 Å². The molecule has 0 radical (unpaired) electrons. The standard InChI is InChI=1S/C27H29NO10.ClH/c1-11-6-12(28)7-18(37-11)38-16-9-27(35,17(30)10-29)8-14-20(16)26(34)22-21(24(14)32)23(31)13-4-3-5-15(36-2)19(13)25(22)33;/h3-5,11-12,16,18,29,32,34-35H,6-10,28H2,1-2H3;1H/t11?,12?,16-,18?,27-;/m0./s1. The lowest BCUT2D eigenvalue weighted by atomic mass is 9.72. The number of fused-ring (bicyclic) bond motifs is 3. The van der Waals surface area contributed by atoms with E-state index in [2.05, 4.69) is 5.73 Å². The van der Waals surface area contributed by atoms with Crippen molar-refractivity contribution in [2.75, 3.05) is 13.7 Å². The molecule has 7 N–H and O–H groups in total. The summed E-state index contributed by atoms with van der Waals surface area (Å²) in [4.78, 5) is 39.7. The summed E-state index contributed by atoms with van der Waals surface area (Å²) in [5.74, 6) is -3.49. The summed E-state index contributed by atoms with van der Waals surface area (Å²) in [5, 5.41) is 43.6. The van der Waals surface area contributed by atoms with Crippen molar-refractivity contribution < 1.29 is 67.2 Å². The minimum Gasteiger partial charge on any atom is -1.00 e. The van der Waals surface area contributed by atoms with Gasteiger partial charge in [-0.2, -0.15) is 0 Å². The number of hydrogen-bond donors (Lipinski definition) is 5. The molecule has 0 spiro atoms. The Morgan fingerprint density at radius 3 is 2.46 bits per heavy atom. The number of ketones is 3. The Morgan fingerprint density at radius 2 is 1.82 bits per heavy atom. The summed E-state index contributed by atoms with van der Waals surface area (Å²) in [6, 6.07) is 4.43. The predicted molar refractivity (Wildman–Crippen MR) is 129 cm³/mol. The molecule has 0 aromatic heterocycles. The molecule has 0 amide bonds. The molecule has 39 heavy (non-hydrogen) atoms. The highest BCUT2D eigenvalue weighted by Gasteiger charge is 2.50. The first-order chi connectivity index (χ1) is 18.0. The second kappa shape index (κ2) is 10.5. The van der Waals surface area contributed by atoms with Gasteiger partial charge in [-0.05, 0) is 13.0 Å². The Kier molecular flexibility index (Phi) is 7.78. The molecule has 2 aromatic rings. The number of aromatic hydroxyl groups is 2. The van der Waals surface area contributed by atoms with E-state index in [4.69, 9.17) is 14.2 Å². The zero-order valence-corrected chi connectivity index (χ0v) is 22.2. The number of aliphatic hydroxyl groups is 2. The largest absolute Gasteiger partial charge is 1.00 e. The molecule has 3 aliphatic rings. The lowest BCUT2D eigenvalue weighted by Gasteiger charge is -2.41. The van der Waals surface area contributed by atoms with E-state index in [1.807, 2.05) is 6.92 Å². The molecule has 12 heteroatoms. The molecule has 11 nitrogen and oxygen atoms in total. The SMILES string of the molecule is COc1cccc2c1C(=O)c1c(O)c3c(c(O)c1C2=O)C[C@@](O)(C(=O)CO)C[C@@H]3OC1CC([NH3+])CC(C)O1.[Cl-]. The molecule has 2 aromatic carbocycles. The van der Waals surface area contributed by atoms with Crippen molar-refractivity contribution in [3.8, 4) is 17.2 Å². The first kappa shape index (κ1) is 28.9. The van der Waals surface area contributed by atoms with Gasteiger partial charge in [0, 0.05) is 36.0 Å². The van der Waals surface area contributed by atoms with Crippen LogP contribution in [0.3, 0.4) is 0 Å². The van der Waals surface area contributed by atoms with Crippen LogP contribution in [0.2, 0.25) is 0 Å². The van der Waals surface area contributed by atoms with Gasteiger partial charge in [0.2, 0.25) is 5.78 Å². The van der Waals surface area contributed by atoms with Crippen LogP contribution in [0.25, 0.3) is 0 Å². The first-order valence-corrected chi connectivity index (χ1v) is 12.4. The van der Waals surface area contributed by atoms with E-state index >= 15 is 0 Å². The van der Waals surface area contributed by atoms with Crippen molar-refractivity contribution in [2.45, 2.75) is 62.7 Å². The number of methoxy groups -OCH3 is 1. The molecular formula is C27H30ClNO10. The molecule has 1 saturated heterocycles. The van der Waals surface area contributed by atoms with Gasteiger partial charge < -0.3 is 52.8 Å². The molecular weight excluding hydrogens is 534 g/mol. The minimum absolute atomic E-state index is 0. The van der Waals surface area contributed by atoms with E-state index in [0.717, 1.165) is 0 Å². The Labute approximate surface area is 229 Å². The van der Waals surface area contributed by atoms with Crippen molar-refractivity contribution in [1.29, 1.82) is 0 Å². The average molecular weight is 564 g/mol. The minimum atomic E-state index is -2.17. The molecule has 1 heterocycles. The number of phenols is 2. The molecule has 1 aliphatic heterocycles. The van der Waals surface area contributed by atoms with Gasteiger partial charge in [-0.25, -0.2) is 0 Å². The lowest BCUT2D eigenvalue weighted by Crippen LogP contribution is -3.00. The topological polar surface area (TPSA) is 187 Å². The number of aliphatic hydroxyl groups excluding tert-OH is 1. The van der Waals surface area contributed by atoms with Crippen molar-refractivity contribution in [3.63, 3.8) is 0 Å². The third-order valence-electron chi connectivity index (χ3n) is 7.63. The van der Waals surface area contributed by atoms with Gasteiger partial charge >= 0.3 is 0 Å². The van der Waals surface area contributed by atoms with E-state index in [1.165, 1.54) is 25.3 Å². The summed E-state index contributed by atoms with van der Waals surface area (Å²) in [6.07, 6.45) is -2.04. The number of benzene rings is 2. The zero-order valence-electron chi connectivity index (χ0n) is 21.4. The molecule has 0 bridgehead atoms. The first-order valence-electron chi connectivity index (χ1n) is 12.4. The van der Waals surface area contributed by atoms with Crippen LogP contribution in [-0.4, -0.2) is 75.5 Å². The van der Waals surface area contributed by atoms with Crippen LogP contribution >= 0.6 is 0 Å². The molecule has 3 unspecified atom stereocenters. The van der Waals surface area contributed by atoms with Gasteiger partial charge in [0.25, 0.3) is 0 Å². The molecule has 1 fully saturated rings. The fraction of sp³-hybridized carbons (Fsp3) is 0.444. The van der Waals surface area contributed by atoms with Gasteiger partial charge in [0.1, 0.15) is 29.5 Å². The van der Waals surface area contributed by atoms with Crippen LogP contribution in [0.4, 0.5) is 0 Å². The third-order valence-corrected chi connectivity index (χ3v) is 7.63. The Balaban J connectivity index is 0.00000353. The summed E-state index contributed by atoms with van der Waals surface area (Å²) in [6.45, 7) is 0.877. The van der Waals surface area contributed by atoms with E-state index in [-0.39, 0.29) is 59.0 Å². The van der Waals surface area contributed by atoms with E-state index in [9.17, 15) is 34.8 Å². The summed E-state index contributed by atoms with van der Waals surface area (Å²) in [7, 11) is 1.34. The van der Waals surface area contributed by atoms with Gasteiger partial charge in [0.15, 0.2) is 17.9 Å². The maximum Gasteiger partial charge on any atom is 0.202 e. The second-order valence-corrected chi connectivity index (χ2v) is 10.2. The highest BCUT2D eigenvalue weighted by molar-refractivity contribution is 6.31. The van der Waals surface area contributed by atoms with Crippen LogP contribution in [0.5, 0.6) is 17.2 Å². The van der Waals surface area contributed by atoms with E-state index < -0.39 is 71.0 Å². The maximum absolute atomic E-state index is 13.6. The molecule has 0 saturated carbocycles. The number of halogens is 1. The molecule has 5 rings (SSSR count). The van der Waals surface area contributed by atoms with Crippen LogP contribution in [0.15, 0.2) is 18.2 Å². The zero-order chi connectivity index (χ0) is 27.5. The highest BCUT2D eigenvalue weighted by Crippen LogP contribution is 2.52. The number of carbonyl (C=O) groups is 3. The van der Waals surface area contributed by atoms with E-state index in [1.54, 1.807) is 0 Å². The van der Waals surface area contributed by atoms with Gasteiger partial charge in [0.05, 0.1) is 48.5 Å². The summed E-state index contributed by atoms with van der Waals surface area (Å²) >= 11 is 0. The van der Waals surface area contributed by atoms with Crippen molar-refractivity contribution in [3.05, 3.63) is 51.6 Å². The quantitative estimate of drug-likeness (QED) is 0.205. The van der Waals surface area contributed by atoms with Gasteiger partial charge in [-0.15, -0.1) is 0 Å². The number of rotatable bonds is 5. The fourth-order valence-electron chi connectivity index (χ4n) is 5.87. The summed E-state index contributed by atoms with van der Waals surface area (Å²) < 4.78 is 17.3. The Hall–Kier alpha value is -3.06. The Bertz CT molecular complexity index is 1350. The van der Waals surface area contributed by atoms with Gasteiger partial charge in [-0.1, -0.05) is 12.1 Å². The van der Waals surface area contributed by atoms with Crippen LogP contribution < -0.4 is 22.9 Å². The molecule has 5 atom stereocenters. The average Bonchev–Trinajstić information content (AvgIpc) is 2.87. The number of phenolic OH excluding ortho intramolecular Hbond substituents is 2. The highest BCUT2D eigenvalue weighted by atomic mass is 35.5. The smallest absolute Gasteiger partial charge is 0.202 e. The van der Waals surface area contributed by atoms with Crippen LogP contribution in [0, 0.1) is 0 Å². The monoisotopic (exact) mass is 563 g/mol. The number of hydrogen-bond acceptors (Lipinski definition) is 10. The fourth-order valence-corrected chi connectivity index (χ4v) is 5.87. The van der Waals surface area contributed by atoms with Crippen molar-refractivity contribution in [1.82, 2.24) is 0 Å². The summed E-state index contributed by atoms with van der Waals surface area (Å²) in [5.41, 5.74) is 0.831. The second-order valence-electron chi connectivity index (χ2n) is 10.2. The number of quaternary nitrogens is 1. The number of Topliss-reactive ketones (excluding diaryl/α,β-unsaturated/α-hetero) is 1. The number of carbonyl (C=O) groups excluding carboxylic acids is 3. The third kappa shape index (κ3) is 4.58. The van der Waals surface area contributed by atoms with Crippen LogP contribution in [-0.2, 0) is 20.7 Å².